The topological polar surface area (TPSA) is 52.1 Å². The molecule has 0 aliphatic carbocycles. The van der Waals surface area contributed by atoms with Crippen molar-refractivity contribution >= 4 is 29.9 Å². The number of hydrogen-bond donors (Lipinski definition) is 2. The molecular formula is C17H34F2IN5O. The number of ether oxygens (including phenoxy) is 1. The highest BCUT2D eigenvalue weighted by Crippen LogP contribution is 2.12. The van der Waals surface area contributed by atoms with E-state index in [1.807, 2.05) is 4.90 Å². The molecule has 9 heteroatoms. The Balaban J connectivity index is 0.00000338. The fourth-order valence-electron chi connectivity index (χ4n) is 3.60. The van der Waals surface area contributed by atoms with Crippen LogP contribution in [0.25, 0.3) is 0 Å². The quantitative estimate of drug-likeness (QED) is 0.338. The number of likely N-dealkylation sites (tertiary alicyclic amines) is 1. The van der Waals surface area contributed by atoms with Crippen molar-refractivity contribution in [2.24, 2.45) is 4.99 Å². The molecule has 0 aromatic rings. The van der Waals surface area contributed by atoms with Gasteiger partial charge in [0.2, 0.25) is 0 Å². The van der Waals surface area contributed by atoms with Gasteiger partial charge in [-0.15, -0.1) is 24.0 Å². The smallest absolute Gasteiger partial charge is 0.251 e. The van der Waals surface area contributed by atoms with Crippen LogP contribution >= 0.6 is 24.0 Å². The molecule has 0 aromatic carbocycles. The predicted molar refractivity (Wildman–Crippen MR) is 112 cm³/mol. The number of alkyl halides is 2. The lowest BCUT2D eigenvalue weighted by molar-refractivity contribution is -0.0174. The second-order valence-electron chi connectivity index (χ2n) is 7.07. The van der Waals surface area contributed by atoms with Crippen LogP contribution in [0.3, 0.4) is 0 Å². The van der Waals surface area contributed by atoms with Gasteiger partial charge in [0.05, 0.1) is 19.8 Å². The van der Waals surface area contributed by atoms with Gasteiger partial charge in [-0.05, 0) is 26.7 Å². The summed E-state index contributed by atoms with van der Waals surface area (Å²) in [5.74, 6) is 0.792. The molecule has 0 aromatic heterocycles. The van der Waals surface area contributed by atoms with Gasteiger partial charge in [0.1, 0.15) is 0 Å². The zero-order valence-electron chi connectivity index (χ0n) is 16.1. The fourth-order valence-corrected chi connectivity index (χ4v) is 3.60. The Kier molecular flexibility index (Phi) is 11.2. The van der Waals surface area contributed by atoms with Gasteiger partial charge in [-0.2, -0.15) is 0 Å². The average Bonchev–Trinajstić information content (AvgIpc) is 2.59. The molecule has 154 valence electrons. The monoisotopic (exact) mass is 489 g/mol. The maximum Gasteiger partial charge on any atom is 0.251 e. The first-order valence-corrected chi connectivity index (χ1v) is 9.30. The number of halogens is 3. The normalized spacial score (nSPS) is 25.0. The first kappa shape index (κ1) is 23.8. The van der Waals surface area contributed by atoms with Gasteiger partial charge in [0.15, 0.2) is 5.96 Å². The fraction of sp³-hybridized carbons (Fsp3) is 0.941. The third-order valence-electron chi connectivity index (χ3n) is 5.10. The van der Waals surface area contributed by atoms with Crippen LogP contribution < -0.4 is 10.6 Å². The van der Waals surface area contributed by atoms with Gasteiger partial charge in [-0.3, -0.25) is 14.8 Å². The van der Waals surface area contributed by atoms with Crippen molar-refractivity contribution in [3.63, 3.8) is 0 Å². The van der Waals surface area contributed by atoms with Crippen LogP contribution in [0.15, 0.2) is 4.99 Å². The molecule has 2 unspecified atom stereocenters. The van der Waals surface area contributed by atoms with Gasteiger partial charge in [-0.25, -0.2) is 8.78 Å². The van der Waals surface area contributed by atoms with Crippen molar-refractivity contribution in [3.8, 4) is 0 Å². The summed E-state index contributed by atoms with van der Waals surface area (Å²) in [6, 6.07) is 1.11. The SMILES string of the molecule is CN=C(NCC(C)N1CCOCC1C)NC1CCN(CC(F)F)CC1.I. The summed E-state index contributed by atoms with van der Waals surface area (Å²) in [6.45, 7) is 9.05. The minimum atomic E-state index is -2.25. The molecule has 2 fully saturated rings. The third-order valence-corrected chi connectivity index (χ3v) is 5.10. The molecular weight excluding hydrogens is 455 g/mol. The second-order valence-corrected chi connectivity index (χ2v) is 7.07. The second kappa shape index (κ2) is 12.2. The number of guanidine groups is 1. The van der Waals surface area contributed by atoms with Crippen molar-refractivity contribution in [2.45, 2.75) is 51.2 Å². The molecule has 2 N–H and O–H groups in total. The van der Waals surface area contributed by atoms with E-state index in [2.05, 4.69) is 34.4 Å². The molecule has 2 atom stereocenters. The van der Waals surface area contributed by atoms with E-state index in [0.717, 1.165) is 45.1 Å². The Labute approximate surface area is 173 Å². The first-order chi connectivity index (χ1) is 12.0. The Hall–Kier alpha value is -0.260. The molecule has 0 saturated carbocycles. The lowest BCUT2D eigenvalue weighted by Gasteiger charge is -2.38. The van der Waals surface area contributed by atoms with Gasteiger partial charge < -0.3 is 15.4 Å². The van der Waals surface area contributed by atoms with Gasteiger partial charge >= 0.3 is 0 Å². The number of aliphatic imine (C=N–C) groups is 1. The minimum Gasteiger partial charge on any atom is -0.379 e. The molecule has 0 radical (unpaired) electrons. The molecule has 2 aliphatic heterocycles. The number of morpholine rings is 1. The van der Waals surface area contributed by atoms with Gasteiger partial charge in [0, 0.05) is 51.4 Å². The highest BCUT2D eigenvalue weighted by Gasteiger charge is 2.25. The van der Waals surface area contributed by atoms with E-state index in [-0.39, 0.29) is 36.6 Å². The van der Waals surface area contributed by atoms with Crippen LogP contribution in [-0.4, -0.2) is 93.3 Å². The lowest BCUT2D eigenvalue weighted by atomic mass is 10.1. The molecule has 2 aliphatic rings. The number of hydrogen-bond acceptors (Lipinski definition) is 4. The van der Waals surface area contributed by atoms with Crippen LogP contribution in [-0.2, 0) is 4.74 Å². The summed E-state index contributed by atoms with van der Waals surface area (Å²) in [5, 5.41) is 6.83. The number of rotatable bonds is 6. The van der Waals surface area contributed by atoms with Crippen LogP contribution in [0.1, 0.15) is 26.7 Å². The molecule has 0 amide bonds. The summed E-state index contributed by atoms with van der Waals surface area (Å²) < 4.78 is 30.4. The van der Waals surface area contributed by atoms with Crippen LogP contribution in [0, 0.1) is 0 Å². The lowest BCUT2D eigenvalue weighted by Crippen LogP contribution is -2.54. The Morgan fingerprint density at radius 1 is 1.27 bits per heavy atom. The van der Waals surface area contributed by atoms with E-state index >= 15 is 0 Å². The summed E-state index contributed by atoms with van der Waals surface area (Å²) in [4.78, 5) is 8.59. The van der Waals surface area contributed by atoms with Gasteiger partial charge in [-0.1, -0.05) is 0 Å². The Morgan fingerprint density at radius 3 is 2.54 bits per heavy atom. The summed E-state index contributed by atoms with van der Waals surface area (Å²) in [6.07, 6.45) is -0.518. The van der Waals surface area contributed by atoms with Crippen LogP contribution in [0.5, 0.6) is 0 Å². The van der Waals surface area contributed by atoms with Crippen LogP contribution in [0.4, 0.5) is 8.78 Å². The maximum atomic E-state index is 12.4. The van der Waals surface area contributed by atoms with E-state index in [9.17, 15) is 8.78 Å². The largest absolute Gasteiger partial charge is 0.379 e. The highest BCUT2D eigenvalue weighted by atomic mass is 127. The molecule has 2 rings (SSSR count). The molecule has 2 saturated heterocycles. The zero-order valence-corrected chi connectivity index (χ0v) is 18.4. The third kappa shape index (κ3) is 7.77. The van der Waals surface area contributed by atoms with Gasteiger partial charge in [0.25, 0.3) is 6.43 Å². The maximum absolute atomic E-state index is 12.4. The molecule has 0 bridgehead atoms. The number of nitrogens with zero attached hydrogens (tertiary/aromatic N) is 3. The first-order valence-electron chi connectivity index (χ1n) is 9.30. The van der Waals surface area contributed by atoms with E-state index < -0.39 is 6.43 Å². The molecule has 2 heterocycles. The van der Waals surface area contributed by atoms with E-state index in [1.165, 1.54) is 0 Å². The summed E-state index contributed by atoms with van der Waals surface area (Å²) in [5.41, 5.74) is 0. The average molecular weight is 489 g/mol. The number of piperidine rings is 1. The minimum absolute atomic E-state index is 0. The number of nitrogens with one attached hydrogen (secondary N) is 2. The highest BCUT2D eigenvalue weighted by molar-refractivity contribution is 14.0. The summed E-state index contributed by atoms with van der Waals surface area (Å²) in [7, 11) is 1.77. The van der Waals surface area contributed by atoms with E-state index in [0.29, 0.717) is 25.2 Å². The molecule has 26 heavy (non-hydrogen) atoms. The van der Waals surface area contributed by atoms with Crippen molar-refractivity contribution in [1.29, 1.82) is 0 Å². The predicted octanol–water partition coefficient (Wildman–Crippen LogP) is 1.61. The van der Waals surface area contributed by atoms with Crippen molar-refractivity contribution in [2.75, 3.05) is 53.0 Å². The standard InChI is InChI=1S/C17H33F2N5O.HI/c1-13(24-8-9-25-12-14(24)2)10-21-17(20-3)22-15-4-6-23(7-5-15)11-16(18)19;/h13-16H,4-12H2,1-3H3,(H2,20,21,22);1H. The van der Waals surface area contributed by atoms with E-state index in [4.69, 9.17) is 4.74 Å². The molecule has 0 spiro atoms. The zero-order chi connectivity index (χ0) is 18.2. The summed E-state index contributed by atoms with van der Waals surface area (Å²) >= 11 is 0. The van der Waals surface area contributed by atoms with Crippen LogP contribution in [0.2, 0.25) is 0 Å². The Bertz CT molecular complexity index is 422. The van der Waals surface area contributed by atoms with Crippen molar-refractivity contribution in [1.82, 2.24) is 20.4 Å². The Morgan fingerprint density at radius 2 is 1.96 bits per heavy atom. The molecule has 6 nitrogen and oxygen atoms in total. The van der Waals surface area contributed by atoms with Crippen molar-refractivity contribution < 1.29 is 13.5 Å². The van der Waals surface area contributed by atoms with E-state index in [1.54, 1.807) is 7.05 Å². The van der Waals surface area contributed by atoms with Crippen molar-refractivity contribution in [3.05, 3.63) is 0 Å².